The largest absolute Gasteiger partial charge is 0.469 e. The van der Waals surface area contributed by atoms with Gasteiger partial charge in [-0.05, 0) is 32.8 Å². The van der Waals surface area contributed by atoms with E-state index in [4.69, 9.17) is 9.47 Å². The quantitative estimate of drug-likeness (QED) is 0.607. The van der Waals surface area contributed by atoms with Crippen molar-refractivity contribution < 1.29 is 14.6 Å². The third-order valence-electron chi connectivity index (χ3n) is 5.44. The van der Waals surface area contributed by atoms with Crippen molar-refractivity contribution in [2.24, 2.45) is 7.05 Å². The summed E-state index contributed by atoms with van der Waals surface area (Å²) in [5.41, 5.74) is 0.888. The van der Waals surface area contributed by atoms with E-state index in [1.807, 2.05) is 11.5 Å². The number of aryl methyl sites for hydroxylation is 1. The number of fused-ring (bicyclic) bond motifs is 1. The Labute approximate surface area is 174 Å². The maximum absolute atomic E-state index is 10.2. The molecular weight excluding hydrogens is 386 g/mol. The number of nitrogens with zero attached hydrogens (tertiary/aromatic N) is 6. The van der Waals surface area contributed by atoms with Crippen molar-refractivity contribution in [3.8, 4) is 11.9 Å². The number of methoxy groups -OCH3 is 1. The van der Waals surface area contributed by atoms with E-state index in [2.05, 4.69) is 26.5 Å². The van der Waals surface area contributed by atoms with Crippen molar-refractivity contribution in [1.29, 1.82) is 5.26 Å². The van der Waals surface area contributed by atoms with Crippen LogP contribution in [0.5, 0.6) is 5.88 Å². The zero-order valence-electron chi connectivity index (χ0n) is 17.5. The molecule has 1 fully saturated rings. The van der Waals surface area contributed by atoms with Gasteiger partial charge < -0.3 is 24.5 Å². The van der Waals surface area contributed by atoms with Gasteiger partial charge in [0.05, 0.1) is 24.4 Å². The van der Waals surface area contributed by atoms with Gasteiger partial charge >= 0.3 is 0 Å². The zero-order chi connectivity index (χ0) is 21.5. The summed E-state index contributed by atoms with van der Waals surface area (Å²) in [6.45, 7) is 4.18. The summed E-state index contributed by atoms with van der Waals surface area (Å²) in [4.78, 5) is 9.00. The highest BCUT2D eigenvalue weighted by atomic mass is 16.5. The van der Waals surface area contributed by atoms with Crippen LogP contribution in [0.1, 0.15) is 38.4 Å². The van der Waals surface area contributed by atoms with Crippen LogP contribution < -0.4 is 10.1 Å². The van der Waals surface area contributed by atoms with Crippen LogP contribution in [0.25, 0.3) is 11.0 Å². The first-order chi connectivity index (χ1) is 14.3. The molecule has 2 N–H and O–H groups in total. The van der Waals surface area contributed by atoms with Gasteiger partial charge in [0.25, 0.3) is 5.88 Å². The Morgan fingerprint density at radius 3 is 2.93 bits per heavy atom. The second-order valence-corrected chi connectivity index (χ2v) is 7.94. The molecular formula is C20H25N7O3. The summed E-state index contributed by atoms with van der Waals surface area (Å²) in [7, 11) is 3.41. The van der Waals surface area contributed by atoms with Crippen LogP contribution in [0.3, 0.4) is 0 Å². The highest BCUT2D eigenvalue weighted by molar-refractivity contribution is 5.79. The Morgan fingerprint density at radius 2 is 2.30 bits per heavy atom. The van der Waals surface area contributed by atoms with Crippen LogP contribution in [0.4, 0.5) is 11.6 Å². The molecule has 158 valence electrons. The number of anilines is 2. The number of ether oxygens (including phenoxy) is 2. The van der Waals surface area contributed by atoms with Gasteiger partial charge in [-0.3, -0.25) is 4.68 Å². The number of hydrogen-bond acceptors (Lipinski definition) is 8. The Balaban J connectivity index is 1.65. The van der Waals surface area contributed by atoms with E-state index in [1.54, 1.807) is 44.2 Å². The van der Waals surface area contributed by atoms with E-state index < -0.39 is 5.60 Å². The van der Waals surface area contributed by atoms with Crippen molar-refractivity contribution in [3.63, 3.8) is 0 Å². The lowest BCUT2D eigenvalue weighted by molar-refractivity contribution is -0.119. The van der Waals surface area contributed by atoms with Crippen LogP contribution in [-0.2, 0) is 11.8 Å². The number of aromatic nitrogens is 5. The van der Waals surface area contributed by atoms with E-state index in [-0.39, 0.29) is 12.1 Å². The molecule has 3 heterocycles. The molecule has 0 radical (unpaired) electrons. The SMILES string of the molecule is COC[C@H](C)n1c(C#N)cc2cnc(Nc3cn(C)nc3O[C@H]3CC[C@]3(C)O)nc21. The van der Waals surface area contributed by atoms with Crippen LogP contribution in [0.15, 0.2) is 18.5 Å². The highest BCUT2D eigenvalue weighted by Gasteiger charge is 2.43. The maximum atomic E-state index is 10.2. The Morgan fingerprint density at radius 1 is 1.50 bits per heavy atom. The monoisotopic (exact) mass is 411 g/mol. The van der Waals surface area contributed by atoms with Crippen LogP contribution in [-0.4, -0.2) is 54.8 Å². The van der Waals surface area contributed by atoms with Gasteiger partial charge in [-0.2, -0.15) is 10.2 Å². The van der Waals surface area contributed by atoms with E-state index in [0.29, 0.717) is 41.9 Å². The number of rotatable bonds is 7. The molecule has 0 aliphatic heterocycles. The molecule has 0 spiro atoms. The molecule has 0 unspecified atom stereocenters. The number of hydrogen-bond donors (Lipinski definition) is 2. The lowest BCUT2D eigenvalue weighted by Crippen LogP contribution is -2.52. The first-order valence-corrected chi connectivity index (χ1v) is 9.79. The minimum absolute atomic E-state index is 0.0666. The van der Waals surface area contributed by atoms with Gasteiger partial charge in [0.2, 0.25) is 5.95 Å². The second-order valence-electron chi connectivity index (χ2n) is 7.94. The minimum atomic E-state index is -0.851. The third-order valence-corrected chi connectivity index (χ3v) is 5.44. The highest BCUT2D eigenvalue weighted by Crippen LogP contribution is 2.37. The van der Waals surface area contributed by atoms with Crippen molar-refractivity contribution in [3.05, 3.63) is 24.2 Å². The van der Waals surface area contributed by atoms with E-state index >= 15 is 0 Å². The molecule has 4 rings (SSSR count). The van der Waals surface area contributed by atoms with Crippen LogP contribution in [0.2, 0.25) is 0 Å². The van der Waals surface area contributed by atoms with Crippen LogP contribution >= 0.6 is 0 Å². The number of nitrogens with one attached hydrogen (secondary N) is 1. The third kappa shape index (κ3) is 3.58. The fourth-order valence-corrected chi connectivity index (χ4v) is 3.68. The molecule has 30 heavy (non-hydrogen) atoms. The van der Waals surface area contributed by atoms with Crippen molar-refractivity contribution in [1.82, 2.24) is 24.3 Å². The molecule has 0 saturated heterocycles. The summed E-state index contributed by atoms with van der Waals surface area (Å²) < 4.78 is 14.7. The first-order valence-electron chi connectivity index (χ1n) is 9.79. The molecule has 1 aliphatic rings. The normalized spacial score (nSPS) is 21.8. The first kappa shape index (κ1) is 20.1. The predicted molar refractivity (Wildman–Crippen MR) is 110 cm³/mol. The standard InChI is InChI=1S/C20H25N7O3/c1-12(11-29-4)27-14(8-21)7-13-9-22-19(24-17(13)27)23-15-10-26(3)25-18(15)30-16-5-6-20(16,2)28/h7,9-10,12,16,28H,5-6,11H2,1-4H3,(H,22,23,24)/t12-,16-,20-/m0/s1. The average molecular weight is 411 g/mol. The van der Waals surface area contributed by atoms with E-state index in [9.17, 15) is 10.4 Å². The summed E-state index contributed by atoms with van der Waals surface area (Å²) in [6, 6.07) is 3.91. The molecule has 3 atom stereocenters. The van der Waals surface area contributed by atoms with Crippen molar-refractivity contribution >= 4 is 22.7 Å². The second kappa shape index (κ2) is 7.59. The predicted octanol–water partition coefficient (Wildman–Crippen LogP) is 2.28. The van der Waals surface area contributed by atoms with E-state index in [0.717, 1.165) is 11.8 Å². The van der Waals surface area contributed by atoms with Gasteiger partial charge in [0, 0.05) is 25.7 Å². The van der Waals surface area contributed by atoms with Gasteiger partial charge in [-0.25, -0.2) is 4.98 Å². The molecule has 0 bridgehead atoms. The summed E-state index contributed by atoms with van der Waals surface area (Å²) in [5, 5.41) is 28.0. The fraction of sp³-hybridized carbons (Fsp3) is 0.500. The molecule has 10 heteroatoms. The topological polar surface area (TPSA) is 123 Å². The minimum Gasteiger partial charge on any atom is -0.469 e. The van der Waals surface area contributed by atoms with Gasteiger partial charge in [-0.15, -0.1) is 5.10 Å². The maximum Gasteiger partial charge on any atom is 0.257 e. The molecule has 1 saturated carbocycles. The smallest absolute Gasteiger partial charge is 0.257 e. The van der Waals surface area contributed by atoms with Gasteiger partial charge in [-0.1, -0.05) is 0 Å². The zero-order valence-corrected chi connectivity index (χ0v) is 17.5. The Hall–Kier alpha value is -3.16. The van der Waals surface area contributed by atoms with Crippen molar-refractivity contribution in [2.45, 2.75) is 44.4 Å². The van der Waals surface area contributed by atoms with Gasteiger partial charge in [0.1, 0.15) is 29.2 Å². The number of nitriles is 1. The molecule has 1 aliphatic carbocycles. The Bertz CT molecular complexity index is 1110. The molecule has 3 aromatic heterocycles. The van der Waals surface area contributed by atoms with E-state index in [1.165, 1.54) is 0 Å². The summed E-state index contributed by atoms with van der Waals surface area (Å²) >= 11 is 0. The molecule has 0 aromatic carbocycles. The summed E-state index contributed by atoms with van der Waals surface area (Å²) in [5.74, 6) is 0.737. The van der Waals surface area contributed by atoms with Gasteiger partial charge in [0.15, 0.2) is 0 Å². The fourth-order valence-electron chi connectivity index (χ4n) is 3.68. The molecule has 0 amide bonds. The summed E-state index contributed by atoms with van der Waals surface area (Å²) in [6.07, 6.45) is 4.61. The molecule has 10 nitrogen and oxygen atoms in total. The number of aliphatic hydroxyl groups is 1. The lowest BCUT2D eigenvalue weighted by Gasteiger charge is -2.41. The lowest BCUT2D eigenvalue weighted by atomic mass is 9.79. The molecule has 3 aromatic rings. The van der Waals surface area contributed by atoms with Crippen molar-refractivity contribution in [2.75, 3.05) is 19.0 Å². The van der Waals surface area contributed by atoms with Crippen LogP contribution in [0, 0.1) is 11.3 Å². The average Bonchev–Trinajstić information content (AvgIpc) is 3.24. The Kier molecular flexibility index (Phi) is 5.09.